The smallest absolute Gasteiger partial charge is 0.316 e. The average Bonchev–Trinajstić information content (AvgIpc) is 2.73. The molecule has 0 saturated carbocycles. The molecule has 0 heterocycles. The average molecular weight is 421 g/mol. The zero-order chi connectivity index (χ0) is 21.2. The van der Waals surface area contributed by atoms with Crippen LogP contribution in [0.15, 0.2) is 42.5 Å². The molecule has 0 bridgehead atoms. The second-order valence-corrected chi connectivity index (χ2v) is 6.66. The molecule has 2 aromatic carbocycles. The fourth-order valence-electron chi connectivity index (χ4n) is 2.27. The van der Waals surface area contributed by atoms with Gasteiger partial charge in [0.25, 0.3) is 0 Å². The number of hydrogen-bond acceptors (Lipinski definition) is 7. The fraction of sp³-hybridized carbons (Fsp3) is 0.250. The molecule has 0 aliphatic carbocycles. The van der Waals surface area contributed by atoms with E-state index in [1.165, 1.54) is 38.5 Å². The number of rotatable bonds is 10. The Balaban J connectivity index is 1.75. The Morgan fingerprint density at radius 2 is 1.79 bits per heavy atom. The van der Waals surface area contributed by atoms with Crippen molar-refractivity contribution in [2.45, 2.75) is 0 Å². The van der Waals surface area contributed by atoms with Crippen LogP contribution in [-0.2, 0) is 14.3 Å². The normalized spacial score (nSPS) is 10.2. The van der Waals surface area contributed by atoms with Crippen molar-refractivity contribution in [1.82, 2.24) is 0 Å². The molecular formula is C20H20FNO6S. The summed E-state index contributed by atoms with van der Waals surface area (Å²) in [5, 5.41) is 2.41. The van der Waals surface area contributed by atoms with Gasteiger partial charge in [-0.15, -0.1) is 11.8 Å². The SMILES string of the molecule is COc1ccc(C(=O)COC(=O)CSCC(=O)Nc2ccccc2F)c(OC)c1. The van der Waals surface area contributed by atoms with Gasteiger partial charge in [0.1, 0.15) is 17.3 Å². The molecule has 0 aliphatic heterocycles. The molecule has 0 unspecified atom stereocenters. The van der Waals surface area contributed by atoms with Crippen molar-refractivity contribution < 1.29 is 33.0 Å². The quantitative estimate of drug-likeness (QED) is 0.466. The third kappa shape index (κ3) is 6.79. The summed E-state index contributed by atoms with van der Waals surface area (Å²) in [6.07, 6.45) is 0. The number of amides is 1. The zero-order valence-corrected chi connectivity index (χ0v) is 16.7. The van der Waals surface area contributed by atoms with E-state index in [9.17, 15) is 18.8 Å². The Morgan fingerprint density at radius 1 is 1.03 bits per heavy atom. The second-order valence-electron chi connectivity index (χ2n) is 5.67. The number of hydrogen-bond donors (Lipinski definition) is 1. The van der Waals surface area contributed by atoms with E-state index in [2.05, 4.69) is 5.32 Å². The number of benzene rings is 2. The highest BCUT2D eigenvalue weighted by molar-refractivity contribution is 8.00. The number of esters is 1. The molecule has 0 atom stereocenters. The topological polar surface area (TPSA) is 90.9 Å². The van der Waals surface area contributed by atoms with E-state index in [1.807, 2.05) is 0 Å². The number of carbonyl (C=O) groups is 3. The third-order valence-electron chi connectivity index (χ3n) is 3.67. The Hall–Kier alpha value is -3.07. The molecular weight excluding hydrogens is 401 g/mol. The molecule has 2 rings (SSSR count). The molecule has 0 radical (unpaired) electrons. The molecule has 1 amide bonds. The molecule has 2 aromatic rings. The maximum absolute atomic E-state index is 13.5. The van der Waals surface area contributed by atoms with Crippen LogP contribution in [0.2, 0.25) is 0 Å². The van der Waals surface area contributed by atoms with E-state index in [0.29, 0.717) is 11.5 Å². The van der Waals surface area contributed by atoms with Gasteiger partial charge in [-0.25, -0.2) is 4.39 Å². The second kappa shape index (κ2) is 11.1. The largest absolute Gasteiger partial charge is 0.497 e. The van der Waals surface area contributed by atoms with Crippen molar-refractivity contribution in [2.75, 3.05) is 37.6 Å². The van der Waals surface area contributed by atoms with Gasteiger partial charge < -0.3 is 19.5 Å². The van der Waals surface area contributed by atoms with Crippen molar-refractivity contribution in [2.24, 2.45) is 0 Å². The number of ketones is 1. The highest BCUT2D eigenvalue weighted by Crippen LogP contribution is 2.25. The van der Waals surface area contributed by atoms with Gasteiger partial charge in [-0.1, -0.05) is 12.1 Å². The van der Waals surface area contributed by atoms with Gasteiger partial charge in [0.05, 0.1) is 37.0 Å². The number of nitrogens with one attached hydrogen (secondary N) is 1. The predicted molar refractivity (Wildman–Crippen MR) is 107 cm³/mol. The summed E-state index contributed by atoms with van der Waals surface area (Å²) in [5.74, 6) is -1.43. The summed E-state index contributed by atoms with van der Waals surface area (Å²) in [7, 11) is 2.91. The van der Waals surface area contributed by atoms with Crippen LogP contribution < -0.4 is 14.8 Å². The van der Waals surface area contributed by atoms with Crippen molar-refractivity contribution in [3.63, 3.8) is 0 Å². The van der Waals surface area contributed by atoms with Crippen LogP contribution in [0, 0.1) is 5.82 Å². The van der Waals surface area contributed by atoms with Crippen LogP contribution in [0.4, 0.5) is 10.1 Å². The highest BCUT2D eigenvalue weighted by Gasteiger charge is 2.16. The van der Waals surface area contributed by atoms with Crippen molar-refractivity contribution >= 4 is 35.1 Å². The zero-order valence-electron chi connectivity index (χ0n) is 15.9. The number of methoxy groups -OCH3 is 2. The van der Waals surface area contributed by atoms with Gasteiger partial charge in [0, 0.05) is 6.07 Å². The van der Waals surface area contributed by atoms with Crippen LogP contribution in [0.3, 0.4) is 0 Å². The number of para-hydroxylation sites is 1. The van der Waals surface area contributed by atoms with Crippen LogP contribution in [0.25, 0.3) is 0 Å². The summed E-state index contributed by atoms with van der Waals surface area (Å²) in [6.45, 7) is -0.455. The summed E-state index contributed by atoms with van der Waals surface area (Å²) < 4.78 is 28.6. The Bertz CT molecular complexity index is 889. The third-order valence-corrected chi connectivity index (χ3v) is 4.58. The van der Waals surface area contributed by atoms with Crippen molar-refractivity contribution in [3.8, 4) is 11.5 Å². The molecule has 0 saturated heterocycles. The van der Waals surface area contributed by atoms with Gasteiger partial charge in [-0.05, 0) is 24.3 Å². The van der Waals surface area contributed by atoms with E-state index in [-0.39, 0.29) is 22.8 Å². The Morgan fingerprint density at radius 3 is 2.48 bits per heavy atom. The molecule has 0 aromatic heterocycles. The van der Waals surface area contributed by atoms with Gasteiger partial charge in [0.2, 0.25) is 11.7 Å². The lowest BCUT2D eigenvalue weighted by Crippen LogP contribution is -2.19. The maximum atomic E-state index is 13.5. The van der Waals surface area contributed by atoms with E-state index < -0.39 is 30.1 Å². The van der Waals surface area contributed by atoms with E-state index in [0.717, 1.165) is 11.8 Å². The number of halogens is 1. The van der Waals surface area contributed by atoms with Crippen LogP contribution in [-0.4, -0.2) is 50.0 Å². The first-order valence-electron chi connectivity index (χ1n) is 8.47. The number of carbonyl (C=O) groups excluding carboxylic acids is 3. The summed E-state index contributed by atoms with van der Waals surface area (Å²) in [6, 6.07) is 10.5. The van der Waals surface area contributed by atoms with Crippen molar-refractivity contribution in [3.05, 3.63) is 53.8 Å². The fourth-order valence-corrected chi connectivity index (χ4v) is 2.88. The Kier molecular flexibility index (Phi) is 8.47. The van der Waals surface area contributed by atoms with Gasteiger partial charge in [0.15, 0.2) is 6.61 Å². The van der Waals surface area contributed by atoms with E-state index >= 15 is 0 Å². The first-order chi connectivity index (χ1) is 13.9. The predicted octanol–water partition coefficient (Wildman–Crippen LogP) is 2.94. The maximum Gasteiger partial charge on any atom is 0.316 e. The first-order valence-corrected chi connectivity index (χ1v) is 9.63. The molecule has 0 aliphatic rings. The van der Waals surface area contributed by atoms with E-state index in [1.54, 1.807) is 18.2 Å². The minimum Gasteiger partial charge on any atom is -0.497 e. The van der Waals surface area contributed by atoms with Gasteiger partial charge in [-0.2, -0.15) is 0 Å². The van der Waals surface area contributed by atoms with Crippen LogP contribution >= 0.6 is 11.8 Å². The lowest BCUT2D eigenvalue weighted by atomic mass is 10.1. The molecule has 0 spiro atoms. The number of ether oxygens (including phenoxy) is 3. The number of thioether (sulfide) groups is 1. The summed E-state index contributed by atoms with van der Waals surface area (Å²) >= 11 is 0.993. The monoisotopic (exact) mass is 421 g/mol. The summed E-state index contributed by atoms with van der Waals surface area (Å²) in [5.41, 5.74) is 0.331. The Labute approximate surface area is 171 Å². The molecule has 29 heavy (non-hydrogen) atoms. The standard InChI is InChI=1S/C20H20FNO6S/c1-26-13-7-8-14(18(9-13)27-2)17(23)10-28-20(25)12-29-11-19(24)22-16-6-4-3-5-15(16)21/h3-9H,10-12H2,1-2H3,(H,22,24). The number of anilines is 1. The number of Topliss-reactive ketones (excluding diaryl/α,β-unsaturated/α-hetero) is 1. The summed E-state index contributed by atoms with van der Waals surface area (Å²) in [4.78, 5) is 35.8. The molecule has 154 valence electrons. The lowest BCUT2D eigenvalue weighted by Gasteiger charge is -2.10. The first kappa shape index (κ1) is 22.2. The van der Waals surface area contributed by atoms with Gasteiger partial charge >= 0.3 is 5.97 Å². The highest BCUT2D eigenvalue weighted by atomic mass is 32.2. The molecule has 7 nitrogen and oxygen atoms in total. The van der Waals surface area contributed by atoms with Gasteiger partial charge in [-0.3, -0.25) is 14.4 Å². The van der Waals surface area contributed by atoms with Crippen LogP contribution in [0.1, 0.15) is 10.4 Å². The lowest BCUT2D eigenvalue weighted by molar-refractivity contribution is -0.139. The molecule has 9 heteroatoms. The molecule has 0 fully saturated rings. The van der Waals surface area contributed by atoms with Crippen LogP contribution in [0.5, 0.6) is 11.5 Å². The van der Waals surface area contributed by atoms with E-state index in [4.69, 9.17) is 14.2 Å². The minimum atomic E-state index is -0.644. The van der Waals surface area contributed by atoms with Crippen molar-refractivity contribution in [1.29, 1.82) is 0 Å². The molecule has 1 N–H and O–H groups in total. The minimum absolute atomic E-state index is 0.0658.